The van der Waals surface area contributed by atoms with Gasteiger partial charge in [-0.15, -0.1) is 0 Å². The quantitative estimate of drug-likeness (QED) is 0.746. The normalized spacial score (nSPS) is 10.5. The monoisotopic (exact) mass is 330 g/mol. The van der Waals surface area contributed by atoms with Gasteiger partial charge in [0.1, 0.15) is 18.2 Å². The van der Waals surface area contributed by atoms with E-state index in [1.54, 1.807) is 0 Å². The van der Waals surface area contributed by atoms with Gasteiger partial charge in [0.25, 0.3) is 0 Å². The lowest BCUT2D eigenvalue weighted by atomic mass is 10.2. The summed E-state index contributed by atoms with van der Waals surface area (Å²) in [5, 5.41) is 0.408. The third-order valence-electron chi connectivity index (χ3n) is 2.58. The summed E-state index contributed by atoms with van der Waals surface area (Å²) in [7, 11) is 0. The van der Waals surface area contributed by atoms with E-state index in [1.807, 2.05) is 0 Å². The molecular formula is C14H10BrF3O. The Bertz CT molecular complexity index is 587. The van der Waals surface area contributed by atoms with Crippen LogP contribution in [0.5, 0.6) is 5.75 Å². The zero-order valence-corrected chi connectivity index (χ0v) is 11.4. The number of alkyl halides is 1. The average Bonchev–Trinajstić information content (AvgIpc) is 2.41. The first kappa shape index (κ1) is 13.9. The third-order valence-corrected chi connectivity index (χ3v) is 3.19. The molecule has 0 atom stereocenters. The van der Waals surface area contributed by atoms with Gasteiger partial charge in [-0.3, -0.25) is 0 Å². The van der Waals surface area contributed by atoms with Crippen LogP contribution in [0.1, 0.15) is 11.1 Å². The summed E-state index contributed by atoms with van der Waals surface area (Å²) in [4.78, 5) is 0. The maximum Gasteiger partial charge on any atom is 0.165 e. The van der Waals surface area contributed by atoms with Crippen LogP contribution in [0.4, 0.5) is 13.2 Å². The van der Waals surface area contributed by atoms with Crippen molar-refractivity contribution in [1.29, 1.82) is 0 Å². The van der Waals surface area contributed by atoms with Crippen molar-refractivity contribution in [3.63, 3.8) is 0 Å². The maximum atomic E-state index is 13.4. The number of hydrogen-bond acceptors (Lipinski definition) is 1. The Kier molecular flexibility index (Phi) is 4.47. The summed E-state index contributed by atoms with van der Waals surface area (Å²) in [5.74, 6) is -1.79. The van der Waals surface area contributed by atoms with Crippen molar-refractivity contribution in [3.8, 4) is 5.75 Å². The van der Waals surface area contributed by atoms with Crippen LogP contribution in [0.15, 0.2) is 36.4 Å². The summed E-state index contributed by atoms with van der Waals surface area (Å²) < 4.78 is 44.9. The highest BCUT2D eigenvalue weighted by molar-refractivity contribution is 9.08. The van der Waals surface area contributed by atoms with Crippen molar-refractivity contribution >= 4 is 15.9 Å². The summed E-state index contributed by atoms with van der Waals surface area (Å²) in [6, 6.07) is 7.93. The zero-order valence-electron chi connectivity index (χ0n) is 9.80. The summed E-state index contributed by atoms with van der Waals surface area (Å²) in [6.45, 7) is -0.116. The molecule has 1 nitrogen and oxygen atoms in total. The fourth-order valence-electron chi connectivity index (χ4n) is 1.61. The number of rotatable bonds is 4. The fourth-order valence-corrected chi connectivity index (χ4v) is 2.05. The van der Waals surface area contributed by atoms with Gasteiger partial charge < -0.3 is 4.74 Å². The second-order valence-corrected chi connectivity index (χ2v) is 4.45. The molecule has 100 valence electrons. The molecule has 0 aromatic heterocycles. The highest BCUT2D eigenvalue weighted by Crippen LogP contribution is 2.24. The van der Waals surface area contributed by atoms with Crippen LogP contribution in [0.25, 0.3) is 0 Å². The summed E-state index contributed by atoms with van der Waals surface area (Å²) in [6.07, 6.45) is 0. The fraction of sp³-hybridized carbons (Fsp3) is 0.143. The predicted octanol–water partition coefficient (Wildman–Crippen LogP) is 4.58. The molecule has 0 spiro atoms. The van der Waals surface area contributed by atoms with Gasteiger partial charge in [0.2, 0.25) is 0 Å². The van der Waals surface area contributed by atoms with E-state index in [0.717, 1.165) is 6.07 Å². The molecule has 0 aliphatic heterocycles. The van der Waals surface area contributed by atoms with E-state index in [2.05, 4.69) is 15.9 Å². The molecule has 0 heterocycles. The van der Waals surface area contributed by atoms with Crippen LogP contribution < -0.4 is 4.74 Å². The summed E-state index contributed by atoms with van der Waals surface area (Å²) >= 11 is 3.21. The molecule has 2 rings (SSSR count). The number of benzene rings is 2. The first-order valence-corrected chi connectivity index (χ1v) is 6.64. The smallest absolute Gasteiger partial charge is 0.165 e. The lowest BCUT2D eigenvalue weighted by Gasteiger charge is -2.11. The molecule has 19 heavy (non-hydrogen) atoms. The molecule has 2 aromatic carbocycles. The van der Waals surface area contributed by atoms with E-state index in [0.29, 0.717) is 16.6 Å². The molecule has 0 saturated heterocycles. The van der Waals surface area contributed by atoms with E-state index in [4.69, 9.17) is 4.74 Å². The lowest BCUT2D eigenvalue weighted by Crippen LogP contribution is -2.02. The highest BCUT2D eigenvalue weighted by Gasteiger charge is 2.10. The molecule has 5 heteroatoms. The van der Waals surface area contributed by atoms with Gasteiger partial charge in [-0.1, -0.05) is 28.1 Å². The second kappa shape index (κ2) is 6.10. The van der Waals surface area contributed by atoms with E-state index in [-0.39, 0.29) is 18.0 Å². The topological polar surface area (TPSA) is 9.23 Å². The molecule has 0 saturated carbocycles. The molecular weight excluding hydrogens is 321 g/mol. The van der Waals surface area contributed by atoms with Gasteiger partial charge in [0.05, 0.1) is 0 Å². The molecule has 0 amide bonds. The Balaban J connectivity index is 2.17. The Morgan fingerprint density at radius 2 is 1.79 bits per heavy atom. The Morgan fingerprint density at radius 1 is 1.00 bits per heavy atom. The first-order chi connectivity index (χ1) is 9.11. The maximum absolute atomic E-state index is 13.4. The molecule has 0 aliphatic rings. The van der Waals surface area contributed by atoms with Crippen molar-refractivity contribution in [1.82, 2.24) is 0 Å². The van der Waals surface area contributed by atoms with Crippen molar-refractivity contribution < 1.29 is 17.9 Å². The van der Waals surface area contributed by atoms with Crippen molar-refractivity contribution in [2.75, 3.05) is 0 Å². The van der Waals surface area contributed by atoms with Crippen LogP contribution in [-0.4, -0.2) is 0 Å². The largest absolute Gasteiger partial charge is 0.488 e. The standard InChI is InChI=1S/C14H10BrF3O/c15-7-10-6-11(16)4-5-13(10)19-8-9-2-1-3-12(17)14(9)18/h1-6H,7-8H2. The summed E-state index contributed by atoms with van der Waals surface area (Å²) in [5.41, 5.74) is 0.724. The second-order valence-electron chi connectivity index (χ2n) is 3.89. The lowest BCUT2D eigenvalue weighted by molar-refractivity contribution is 0.294. The van der Waals surface area contributed by atoms with E-state index < -0.39 is 11.6 Å². The minimum Gasteiger partial charge on any atom is -0.488 e. The Morgan fingerprint density at radius 3 is 2.53 bits per heavy atom. The van der Waals surface area contributed by atoms with Crippen LogP contribution in [0.3, 0.4) is 0 Å². The molecule has 0 radical (unpaired) electrons. The zero-order chi connectivity index (χ0) is 13.8. The van der Waals surface area contributed by atoms with Crippen molar-refractivity contribution in [3.05, 3.63) is 65.0 Å². The van der Waals surface area contributed by atoms with Gasteiger partial charge in [-0.05, 0) is 24.3 Å². The van der Waals surface area contributed by atoms with Crippen molar-refractivity contribution in [2.45, 2.75) is 11.9 Å². The van der Waals surface area contributed by atoms with Crippen LogP contribution in [0, 0.1) is 17.5 Å². The van der Waals surface area contributed by atoms with Gasteiger partial charge in [-0.25, -0.2) is 13.2 Å². The van der Waals surface area contributed by atoms with Crippen LogP contribution in [0.2, 0.25) is 0 Å². The molecule has 0 bridgehead atoms. The minimum atomic E-state index is -0.926. The Labute approximate surface area is 117 Å². The molecule has 2 aromatic rings. The van der Waals surface area contributed by atoms with Crippen molar-refractivity contribution in [2.24, 2.45) is 0 Å². The Hall–Kier alpha value is -1.49. The SMILES string of the molecule is Fc1ccc(OCc2cccc(F)c2F)c(CBr)c1. The molecule has 0 aliphatic carbocycles. The first-order valence-electron chi connectivity index (χ1n) is 5.52. The van der Waals surface area contributed by atoms with Gasteiger partial charge in [-0.2, -0.15) is 0 Å². The van der Waals surface area contributed by atoms with E-state index in [1.165, 1.54) is 30.3 Å². The third kappa shape index (κ3) is 3.29. The molecule has 0 fully saturated rings. The van der Waals surface area contributed by atoms with Gasteiger partial charge in [0, 0.05) is 16.5 Å². The predicted molar refractivity (Wildman–Crippen MR) is 69.7 cm³/mol. The van der Waals surface area contributed by atoms with Crippen LogP contribution in [-0.2, 0) is 11.9 Å². The average molecular weight is 331 g/mol. The number of halogens is 4. The van der Waals surface area contributed by atoms with E-state index >= 15 is 0 Å². The van der Waals surface area contributed by atoms with Gasteiger partial charge in [0.15, 0.2) is 11.6 Å². The minimum absolute atomic E-state index is 0.116. The van der Waals surface area contributed by atoms with E-state index in [9.17, 15) is 13.2 Å². The van der Waals surface area contributed by atoms with Crippen LogP contribution >= 0.6 is 15.9 Å². The molecule has 0 N–H and O–H groups in total. The molecule has 0 unspecified atom stereocenters. The van der Waals surface area contributed by atoms with Gasteiger partial charge >= 0.3 is 0 Å². The number of hydrogen-bond donors (Lipinski definition) is 0. The highest BCUT2D eigenvalue weighted by atomic mass is 79.9. The number of ether oxygens (including phenoxy) is 1.